The van der Waals surface area contributed by atoms with Crippen LogP contribution < -0.4 is 4.74 Å². The van der Waals surface area contributed by atoms with E-state index < -0.39 is 5.97 Å². The third-order valence-corrected chi connectivity index (χ3v) is 5.41. The summed E-state index contributed by atoms with van der Waals surface area (Å²) in [6.07, 6.45) is 13.9. The molecule has 0 aromatic heterocycles. The third-order valence-electron chi connectivity index (χ3n) is 5.41. The molecule has 0 bridgehead atoms. The Morgan fingerprint density at radius 2 is 1.96 bits per heavy atom. The summed E-state index contributed by atoms with van der Waals surface area (Å²) in [5.74, 6) is 0.630. The molecule has 1 aliphatic heterocycles. The first-order valence-electron chi connectivity index (χ1n) is 9.93. The molecule has 1 N–H and O–H groups in total. The number of ether oxygens (including phenoxy) is 1. The molecule has 0 spiro atoms. The molecule has 0 radical (unpaired) electrons. The second-order valence-electron chi connectivity index (χ2n) is 8.53. The van der Waals surface area contributed by atoms with Gasteiger partial charge in [0, 0.05) is 17.1 Å². The summed E-state index contributed by atoms with van der Waals surface area (Å²) >= 11 is 0. The lowest BCUT2D eigenvalue weighted by atomic mass is 9.82. The predicted octanol–water partition coefficient (Wildman–Crippen LogP) is 6.12. The number of carbonyl (C=O) groups is 1. The Labute approximate surface area is 162 Å². The van der Waals surface area contributed by atoms with Crippen LogP contribution in [0.2, 0.25) is 0 Å². The Balaban J connectivity index is 1.99. The van der Waals surface area contributed by atoms with Crippen molar-refractivity contribution in [1.29, 1.82) is 0 Å². The highest BCUT2D eigenvalue weighted by atomic mass is 16.5. The summed E-state index contributed by atoms with van der Waals surface area (Å²) in [5, 5.41) is 8.94. The number of aliphatic carboxylic acids is 1. The average molecular weight is 367 g/mol. The topological polar surface area (TPSA) is 46.5 Å². The maximum atomic E-state index is 10.9. The Morgan fingerprint density at radius 1 is 1.22 bits per heavy atom. The highest BCUT2D eigenvalue weighted by Crippen LogP contribution is 2.40. The highest BCUT2D eigenvalue weighted by Gasteiger charge is 2.24. The van der Waals surface area contributed by atoms with Crippen LogP contribution in [0.25, 0.3) is 5.57 Å². The fraction of sp³-hybridized carbons (Fsp3) is 0.458. The number of allylic oxidation sites excluding steroid dienone is 4. The van der Waals surface area contributed by atoms with E-state index in [2.05, 4.69) is 38.1 Å². The standard InChI is InChI=1S/C24H30O3/c1-17(13-23(25)26)9-10-20-15-24(2,3)16-27-22-12-11-19(14-21(20)22)18-7-5-4-6-8-18/h9-15,18H,4-8,16H2,1-3H3,(H,25,26)/b10-9+,17-13+. The van der Waals surface area contributed by atoms with Gasteiger partial charge in [0.1, 0.15) is 5.75 Å². The summed E-state index contributed by atoms with van der Waals surface area (Å²) in [6, 6.07) is 6.63. The zero-order valence-electron chi connectivity index (χ0n) is 16.6. The molecule has 3 heteroatoms. The van der Waals surface area contributed by atoms with Gasteiger partial charge in [-0.2, -0.15) is 0 Å². The van der Waals surface area contributed by atoms with Gasteiger partial charge in [-0.05, 0) is 54.5 Å². The van der Waals surface area contributed by atoms with Gasteiger partial charge in [0.25, 0.3) is 0 Å². The van der Waals surface area contributed by atoms with E-state index in [-0.39, 0.29) is 5.41 Å². The molecular formula is C24H30O3. The van der Waals surface area contributed by atoms with Gasteiger partial charge in [-0.25, -0.2) is 4.79 Å². The smallest absolute Gasteiger partial charge is 0.328 e. The molecule has 1 heterocycles. The van der Waals surface area contributed by atoms with Crippen LogP contribution in [0.1, 0.15) is 69.9 Å². The quantitative estimate of drug-likeness (QED) is 0.515. The molecular weight excluding hydrogens is 336 g/mol. The average Bonchev–Trinajstić information content (AvgIpc) is 2.76. The van der Waals surface area contributed by atoms with E-state index in [1.54, 1.807) is 0 Å². The molecule has 1 aliphatic carbocycles. The molecule has 0 atom stereocenters. The number of carboxylic acid groups (broad SMARTS) is 1. The van der Waals surface area contributed by atoms with Crippen LogP contribution in [0, 0.1) is 5.41 Å². The van der Waals surface area contributed by atoms with Crippen LogP contribution in [0.3, 0.4) is 0 Å². The minimum absolute atomic E-state index is 0.0892. The molecule has 0 unspecified atom stereocenters. The fourth-order valence-electron chi connectivity index (χ4n) is 4.00. The van der Waals surface area contributed by atoms with E-state index in [1.165, 1.54) is 43.7 Å². The van der Waals surface area contributed by atoms with Gasteiger partial charge in [-0.1, -0.05) is 57.4 Å². The molecule has 1 aromatic rings. The zero-order valence-corrected chi connectivity index (χ0v) is 16.6. The number of hydrogen-bond acceptors (Lipinski definition) is 2. The number of benzene rings is 1. The molecule has 1 aromatic carbocycles. The summed E-state index contributed by atoms with van der Waals surface area (Å²) in [6.45, 7) is 6.76. The van der Waals surface area contributed by atoms with Gasteiger partial charge in [0.2, 0.25) is 0 Å². The van der Waals surface area contributed by atoms with Crippen molar-refractivity contribution in [1.82, 2.24) is 0 Å². The van der Waals surface area contributed by atoms with Gasteiger partial charge in [-0.3, -0.25) is 0 Å². The first-order chi connectivity index (χ1) is 12.8. The lowest BCUT2D eigenvalue weighted by molar-refractivity contribution is -0.131. The van der Waals surface area contributed by atoms with E-state index in [0.29, 0.717) is 12.5 Å². The van der Waals surface area contributed by atoms with Crippen molar-refractivity contribution in [2.24, 2.45) is 5.41 Å². The van der Waals surface area contributed by atoms with Gasteiger partial charge >= 0.3 is 5.97 Å². The molecule has 144 valence electrons. The van der Waals surface area contributed by atoms with Crippen molar-refractivity contribution in [3.8, 4) is 5.75 Å². The minimum Gasteiger partial charge on any atom is -0.492 e. The molecule has 27 heavy (non-hydrogen) atoms. The number of carboxylic acids is 1. The Kier molecular flexibility index (Phi) is 5.88. The molecule has 0 saturated heterocycles. The van der Waals surface area contributed by atoms with Crippen LogP contribution in [0.4, 0.5) is 0 Å². The summed E-state index contributed by atoms with van der Waals surface area (Å²) in [7, 11) is 0. The lowest BCUT2D eigenvalue weighted by Crippen LogP contribution is -2.17. The maximum Gasteiger partial charge on any atom is 0.328 e. The van der Waals surface area contributed by atoms with Crippen molar-refractivity contribution in [3.63, 3.8) is 0 Å². The maximum absolute atomic E-state index is 10.9. The van der Waals surface area contributed by atoms with Crippen molar-refractivity contribution in [3.05, 3.63) is 59.2 Å². The molecule has 3 nitrogen and oxygen atoms in total. The second-order valence-corrected chi connectivity index (χ2v) is 8.53. The van der Waals surface area contributed by atoms with E-state index in [1.807, 2.05) is 19.1 Å². The monoisotopic (exact) mass is 366 g/mol. The van der Waals surface area contributed by atoms with Gasteiger partial charge in [-0.15, -0.1) is 0 Å². The van der Waals surface area contributed by atoms with E-state index in [4.69, 9.17) is 9.84 Å². The largest absolute Gasteiger partial charge is 0.492 e. The Morgan fingerprint density at radius 3 is 2.67 bits per heavy atom. The SMILES string of the molecule is CC(/C=C/C1=CC(C)(C)COc2ccc(C3CCCCC3)cc21)=C\C(=O)O. The number of fused-ring (bicyclic) bond motifs is 1. The van der Waals surface area contributed by atoms with Crippen molar-refractivity contribution in [2.45, 2.75) is 58.8 Å². The summed E-state index contributed by atoms with van der Waals surface area (Å²) in [4.78, 5) is 10.9. The van der Waals surface area contributed by atoms with E-state index >= 15 is 0 Å². The third kappa shape index (κ3) is 5.12. The van der Waals surface area contributed by atoms with Crippen molar-refractivity contribution in [2.75, 3.05) is 6.61 Å². The summed E-state index contributed by atoms with van der Waals surface area (Å²) < 4.78 is 6.11. The molecule has 1 fully saturated rings. The molecule has 1 saturated carbocycles. The van der Waals surface area contributed by atoms with Crippen LogP contribution in [0.15, 0.2) is 48.1 Å². The van der Waals surface area contributed by atoms with Gasteiger partial charge < -0.3 is 9.84 Å². The summed E-state index contributed by atoms with van der Waals surface area (Å²) in [5.41, 5.74) is 4.24. The zero-order chi connectivity index (χ0) is 19.4. The number of hydrogen-bond donors (Lipinski definition) is 1. The van der Waals surface area contributed by atoms with Gasteiger partial charge in [0.15, 0.2) is 0 Å². The normalized spacial score (nSPS) is 20.6. The van der Waals surface area contributed by atoms with E-state index in [0.717, 1.165) is 22.5 Å². The lowest BCUT2D eigenvalue weighted by Gasteiger charge is -2.23. The Hall–Kier alpha value is -2.29. The predicted molar refractivity (Wildman–Crippen MR) is 110 cm³/mol. The van der Waals surface area contributed by atoms with Crippen LogP contribution >= 0.6 is 0 Å². The van der Waals surface area contributed by atoms with E-state index in [9.17, 15) is 4.79 Å². The highest BCUT2D eigenvalue weighted by molar-refractivity contribution is 5.82. The fourth-order valence-corrected chi connectivity index (χ4v) is 4.00. The van der Waals surface area contributed by atoms with Crippen LogP contribution in [0.5, 0.6) is 5.75 Å². The first-order valence-corrected chi connectivity index (χ1v) is 9.93. The number of rotatable bonds is 4. The molecule has 3 rings (SSSR count). The minimum atomic E-state index is -0.921. The van der Waals surface area contributed by atoms with Crippen LogP contribution in [-0.2, 0) is 4.79 Å². The molecule has 0 amide bonds. The van der Waals surface area contributed by atoms with Crippen LogP contribution in [-0.4, -0.2) is 17.7 Å². The van der Waals surface area contributed by atoms with Crippen molar-refractivity contribution < 1.29 is 14.6 Å². The Bertz CT molecular complexity index is 790. The van der Waals surface area contributed by atoms with Crippen molar-refractivity contribution >= 4 is 11.5 Å². The first kappa shape index (κ1) is 19.5. The van der Waals surface area contributed by atoms with Gasteiger partial charge in [0.05, 0.1) is 6.61 Å². The second kappa shape index (κ2) is 8.16. The molecule has 2 aliphatic rings.